The van der Waals surface area contributed by atoms with E-state index in [4.69, 9.17) is 49.6 Å². The molecule has 0 saturated carbocycles. The molecule has 0 aliphatic heterocycles. The molecule has 1 heterocycles. The molecule has 0 bridgehead atoms. The molecule has 2 N–H and O–H groups in total. The summed E-state index contributed by atoms with van der Waals surface area (Å²) in [6.07, 6.45) is 0. The van der Waals surface area contributed by atoms with Gasteiger partial charge in [-0.05, 0) is 55.0 Å². The van der Waals surface area contributed by atoms with E-state index in [-0.39, 0.29) is 11.6 Å². The highest BCUT2D eigenvalue weighted by Crippen LogP contribution is 2.35. The Labute approximate surface area is 222 Å². The first-order chi connectivity index (χ1) is 17.4. The molecule has 3 aromatic carbocycles. The summed E-state index contributed by atoms with van der Waals surface area (Å²) >= 11 is 18.1. The Hall–Kier alpha value is -3.27. The second-order valence-electron chi connectivity index (χ2n) is 7.57. The third kappa shape index (κ3) is 5.75. The molecule has 1 aromatic heterocycles. The highest BCUT2D eigenvalue weighted by Gasteiger charge is 2.16. The van der Waals surface area contributed by atoms with E-state index in [9.17, 15) is 4.39 Å². The second-order valence-corrected chi connectivity index (χ2v) is 8.77. The minimum atomic E-state index is -0.412. The Morgan fingerprint density at radius 3 is 2.50 bits per heavy atom. The van der Waals surface area contributed by atoms with Crippen LogP contribution in [0, 0.1) is 10.6 Å². The van der Waals surface area contributed by atoms with E-state index < -0.39 is 5.82 Å². The maximum absolute atomic E-state index is 13.3. The Morgan fingerprint density at radius 2 is 1.75 bits per heavy atom. The molecule has 0 radical (unpaired) electrons. The van der Waals surface area contributed by atoms with Crippen molar-refractivity contribution >= 4 is 35.4 Å². The van der Waals surface area contributed by atoms with Gasteiger partial charge in [-0.15, -0.1) is 0 Å². The van der Waals surface area contributed by atoms with Crippen LogP contribution in [0.4, 0.5) is 4.39 Å². The topological polar surface area (TPSA) is 73.3 Å². The lowest BCUT2D eigenvalue weighted by atomic mass is 10.2. The van der Waals surface area contributed by atoms with Gasteiger partial charge in [0, 0.05) is 16.7 Å². The van der Waals surface area contributed by atoms with Gasteiger partial charge in [0.15, 0.2) is 17.3 Å². The molecule has 0 amide bonds. The van der Waals surface area contributed by atoms with Gasteiger partial charge in [0.05, 0.1) is 30.8 Å². The molecular weight excluding hydrogens is 526 g/mol. The lowest BCUT2D eigenvalue weighted by molar-refractivity contribution is 0.269. The summed E-state index contributed by atoms with van der Waals surface area (Å²) < 4.78 is 32.5. The molecule has 4 rings (SSSR count). The SMILES string of the molecule is CCOc1cc(CNn2c(-c3ccccc3OC)n[nH]c2=S)c(Cl)cc1OCc1ccc(F)cc1Cl. The molecule has 0 aliphatic rings. The quantitative estimate of drug-likeness (QED) is 0.213. The normalized spacial score (nSPS) is 10.8. The van der Waals surface area contributed by atoms with Gasteiger partial charge in [-0.3, -0.25) is 0 Å². The predicted molar refractivity (Wildman–Crippen MR) is 141 cm³/mol. The number of rotatable bonds is 10. The Morgan fingerprint density at radius 1 is 1.00 bits per heavy atom. The maximum atomic E-state index is 13.3. The molecule has 0 unspecified atom stereocenters. The molecule has 0 saturated heterocycles. The second kappa shape index (κ2) is 11.6. The monoisotopic (exact) mass is 548 g/mol. The fourth-order valence-corrected chi connectivity index (χ4v) is 4.14. The molecular formula is C25H23Cl2FN4O3S. The number of hydrogen-bond acceptors (Lipinski definition) is 6. The Balaban J connectivity index is 1.56. The molecule has 0 atom stereocenters. The third-order valence-electron chi connectivity index (χ3n) is 5.26. The van der Waals surface area contributed by atoms with E-state index in [2.05, 4.69) is 15.6 Å². The maximum Gasteiger partial charge on any atom is 0.214 e. The number of ether oxygens (including phenoxy) is 3. The largest absolute Gasteiger partial charge is 0.496 e. The average molecular weight is 549 g/mol. The number of nitrogens with zero attached hydrogens (tertiary/aromatic N) is 2. The van der Waals surface area contributed by atoms with Crippen molar-refractivity contribution in [2.75, 3.05) is 19.1 Å². The number of hydrogen-bond donors (Lipinski definition) is 2. The van der Waals surface area contributed by atoms with Crippen LogP contribution in [0.1, 0.15) is 18.1 Å². The molecule has 11 heteroatoms. The predicted octanol–water partition coefficient (Wildman–Crippen LogP) is 6.78. The zero-order chi connectivity index (χ0) is 25.7. The van der Waals surface area contributed by atoms with Crippen LogP contribution in [0.15, 0.2) is 54.6 Å². The molecule has 7 nitrogen and oxygen atoms in total. The van der Waals surface area contributed by atoms with E-state index in [0.29, 0.717) is 51.6 Å². The van der Waals surface area contributed by atoms with Crippen molar-refractivity contribution in [2.45, 2.75) is 20.1 Å². The summed E-state index contributed by atoms with van der Waals surface area (Å²) in [6.45, 7) is 2.74. The van der Waals surface area contributed by atoms with Crippen molar-refractivity contribution in [3.05, 3.63) is 86.4 Å². The Bertz CT molecular complexity index is 1430. The van der Waals surface area contributed by atoms with Gasteiger partial charge in [0.1, 0.15) is 18.2 Å². The summed E-state index contributed by atoms with van der Waals surface area (Å²) in [5, 5.41) is 7.89. The van der Waals surface area contributed by atoms with Crippen LogP contribution in [0.2, 0.25) is 10.0 Å². The number of H-pyrrole nitrogens is 1. The fraction of sp³-hybridized carbons (Fsp3) is 0.200. The van der Waals surface area contributed by atoms with Crippen LogP contribution >= 0.6 is 35.4 Å². The fourth-order valence-electron chi connectivity index (χ4n) is 3.51. The molecule has 36 heavy (non-hydrogen) atoms. The summed E-state index contributed by atoms with van der Waals surface area (Å²) in [5.41, 5.74) is 5.42. The number of methoxy groups -OCH3 is 1. The summed E-state index contributed by atoms with van der Waals surface area (Å²) in [4.78, 5) is 0. The molecule has 0 aliphatic carbocycles. The first kappa shape index (κ1) is 25.8. The number of aromatic amines is 1. The van der Waals surface area contributed by atoms with Crippen molar-refractivity contribution in [1.29, 1.82) is 0 Å². The summed E-state index contributed by atoms with van der Waals surface area (Å²) in [5.74, 6) is 1.77. The van der Waals surface area contributed by atoms with Gasteiger partial charge in [-0.1, -0.05) is 41.4 Å². The standard InChI is InChI=1S/C25H23Cl2FN4O3S/c1-3-34-22-10-16(20(27)12-23(22)35-14-15-8-9-17(28)11-19(15)26)13-29-32-24(30-31-25(32)36)18-6-4-5-7-21(18)33-2/h4-12,29H,3,13-14H2,1-2H3,(H,31,36). The van der Waals surface area contributed by atoms with Crippen molar-refractivity contribution in [3.63, 3.8) is 0 Å². The number of halogens is 3. The van der Waals surface area contributed by atoms with Gasteiger partial charge in [-0.25, -0.2) is 14.2 Å². The van der Waals surface area contributed by atoms with Crippen LogP contribution in [0.3, 0.4) is 0 Å². The van der Waals surface area contributed by atoms with Gasteiger partial charge in [-0.2, -0.15) is 5.10 Å². The summed E-state index contributed by atoms with van der Waals surface area (Å²) in [7, 11) is 1.60. The van der Waals surface area contributed by atoms with Crippen LogP contribution in [-0.4, -0.2) is 28.6 Å². The number of nitrogens with one attached hydrogen (secondary N) is 2. The van der Waals surface area contributed by atoms with Crippen LogP contribution < -0.4 is 19.6 Å². The smallest absolute Gasteiger partial charge is 0.214 e. The summed E-state index contributed by atoms with van der Waals surface area (Å²) in [6, 6.07) is 15.1. The highest BCUT2D eigenvalue weighted by molar-refractivity contribution is 7.71. The van der Waals surface area contributed by atoms with E-state index in [0.717, 1.165) is 11.1 Å². The van der Waals surface area contributed by atoms with Gasteiger partial charge >= 0.3 is 0 Å². The lowest BCUT2D eigenvalue weighted by Crippen LogP contribution is -2.16. The molecule has 4 aromatic rings. The van der Waals surface area contributed by atoms with Crippen LogP contribution in [0.25, 0.3) is 11.4 Å². The minimum Gasteiger partial charge on any atom is -0.496 e. The van der Waals surface area contributed by atoms with Crippen LogP contribution in [0.5, 0.6) is 17.2 Å². The van der Waals surface area contributed by atoms with Crippen molar-refractivity contribution in [1.82, 2.24) is 14.9 Å². The molecule has 0 fully saturated rings. The molecule has 188 valence electrons. The Kier molecular flexibility index (Phi) is 8.35. The van der Waals surface area contributed by atoms with Gasteiger partial charge < -0.3 is 19.6 Å². The zero-order valence-electron chi connectivity index (χ0n) is 19.5. The van der Waals surface area contributed by atoms with Gasteiger partial charge in [0.2, 0.25) is 4.77 Å². The van der Waals surface area contributed by atoms with Crippen molar-refractivity contribution in [3.8, 4) is 28.6 Å². The van der Waals surface area contributed by atoms with Crippen molar-refractivity contribution in [2.24, 2.45) is 0 Å². The number of benzene rings is 3. The average Bonchev–Trinajstić information content (AvgIpc) is 3.24. The first-order valence-corrected chi connectivity index (χ1v) is 12.1. The number of para-hydroxylation sites is 1. The van der Waals surface area contributed by atoms with Gasteiger partial charge in [0.25, 0.3) is 0 Å². The lowest BCUT2D eigenvalue weighted by Gasteiger charge is -2.17. The van der Waals surface area contributed by atoms with E-state index in [1.165, 1.54) is 12.1 Å². The van der Waals surface area contributed by atoms with E-state index in [1.54, 1.807) is 30.0 Å². The first-order valence-electron chi connectivity index (χ1n) is 11.0. The third-order valence-corrected chi connectivity index (χ3v) is 6.24. The highest BCUT2D eigenvalue weighted by atomic mass is 35.5. The van der Waals surface area contributed by atoms with E-state index >= 15 is 0 Å². The van der Waals surface area contributed by atoms with Crippen molar-refractivity contribution < 1.29 is 18.6 Å². The number of aromatic nitrogens is 3. The minimum absolute atomic E-state index is 0.125. The zero-order valence-corrected chi connectivity index (χ0v) is 21.8. The van der Waals surface area contributed by atoms with E-state index in [1.807, 2.05) is 31.2 Å². The van der Waals surface area contributed by atoms with Crippen LogP contribution in [-0.2, 0) is 13.2 Å². The molecule has 0 spiro atoms.